The minimum Gasteiger partial charge on any atom is -0.456 e. The molecule has 47 heavy (non-hydrogen) atoms. The lowest BCUT2D eigenvalue weighted by Gasteiger charge is -2.23. The summed E-state index contributed by atoms with van der Waals surface area (Å²) in [6.07, 6.45) is 0. The van der Waals surface area contributed by atoms with E-state index in [1.165, 1.54) is 72.0 Å². The molecule has 0 amide bonds. The average Bonchev–Trinajstić information content (AvgIpc) is 3.74. The lowest BCUT2D eigenvalue weighted by Crippen LogP contribution is -2.16. The van der Waals surface area contributed by atoms with Crippen LogP contribution < -0.4 is 0 Å². The zero-order valence-corrected chi connectivity index (χ0v) is 26.3. The van der Waals surface area contributed by atoms with E-state index in [2.05, 4.69) is 158 Å². The first-order valence-corrected chi connectivity index (χ1v) is 16.4. The highest BCUT2D eigenvalue weighted by Gasteiger charge is 2.38. The van der Waals surface area contributed by atoms with Crippen LogP contribution in [-0.4, -0.2) is 4.57 Å². The Hall–Kier alpha value is -5.86. The van der Waals surface area contributed by atoms with Gasteiger partial charge in [-0.15, -0.1) is 0 Å². The lowest BCUT2D eigenvalue weighted by molar-refractivity contribution is 0.664. The van der Waals surface area contributed by atoms with Crippen molar-refractivity contribution in [3.63, 3.8) is 0 Å². The van der Waals surface area contributed by atoms with Gasteiger partial charge in [-0.05, 0) is 80.9 Å². The number of rotatable bonds is 3. The fourth-order valence-corrected chi connectivity index (χ4v) is 8.14. The van der Waals surface area contributed by atoms with E-state index < -0.39 is 0 Å². The van der Waals surface area contributed by atoms with Gasteiger partial charge in [-0.1, -0.05) is 129 Å². The van der Waals surface area contributed by atoms with Crippen LogP contribution in [0.2, 0.25) is 0 Å². The molecular formula is C45H31NO. The maximum atomic E-state index is 6.05. The minimum atomic E-state index is -0.103. The predicted octanol–water partition coefficient (Wildman–Crippen LogP) is 12.3. The second kappa shape index (κ2) is 9.57. The van der Waals surface area contributed by atoms with Crippen LogP contribution in [0.25, 0.3) is 82.8 Å². The largest absolute Gasteiger partial charge is 0.456 e. The fraction of sp³-hybridized carbons (Fsp3) is 0.0667. The summed E-state index contributed by atoms with van der Waals surface area (Å²) in [5.74, 6) is 0. The van der Waals surface area contributed by atoms with Gasteiger partial charge in [0, 0.05) is 32.6 Å². The number of fused-ring (bicyclic) bond motifs is 10. The highest BCUT2D eigenvalue weighted by molar-refractivity contribution is 6.13. The maximum absolute atomic E-state index is 6.05. The summed E-state index contributed by atoms with van der Waals surface area (Å²) in [6, 6.07) is 55.1. The molecule has 222 valence electrons. The monoisotopic (exact) mass is 601 g/mol. The number of para-hydroxylation sites is 2. The molecule has 0 aliphatic heterocycles. The van der Waals surface area contributed by atoms with E-state index in [-0.39, 0.29) is 5.41 Å². The summed E-state index contributed by atoms with van der Waals surface area (Å²) in [7, 11) is 0. The lowest BCUT2D eigenvalue weighted by atomic mass is 9.81. The van der Waals surface area contributed by atoms with Gasteiger partial charge >= 0.3 is 0 Å². The van der Waals surface area contributed by atoms with E-state index in [1.54, 1.807) is 0 Å². The summed E-state index contributed by atoms with van der Waals surface area (Å²) in [5.41, 5.74) is 15.8. The molecule has 2 aromatic heterocycles. The normalized spacial score (nSPS) is 13.5. The van der Waals surface area contributed by atoms with Gasteiger partial charge in [-0.2, -0.15) is 0 Å². The van der Waals surface area contributed by atoms with Crippen LogP contribution in [0.5, 0.6) is 0 Å². The average molecular weight is 602 g/mol. The van der Waals surface area contributed by atoms with Crippen molar-refractivity contribution in [1.29, 1.82) is 0 Å². The van der Waals surface area contributed by atoms with Crippen molar-refractivity contribution in [2.75, 3.05) is 0 Å². The number of aromatic nitrogens is 1. The Labute approximate surface area is 273 Å². The Morgan fingerprint density at radius 1 is 0.468 bits per heavy atom. The van der Waals surface area contributed by atoms with Crippen LogP contribution in [-0.2, 0) is 5.41 Å². The topological polar surface area (TPSA) is 18.1 Å². The van der Waals surface area contributed by atoms with E-state index in [1.807, 2.05) is 12.1 Å². The molecule has 2 heterocycles. The molecule has 0 fully saturated rings. The Balaban J connectivity index is 1.06. The second-order valence-corrected chi connectivity index (χ2v) is 13.3. The maximum Gasteiger partial charge on any atom is 0.135 e. The van der Waals surface area contributed by atoms with Crippen molar-refractivity contribution in [3.05, 3.63) is 163 Å². The SMILES string of the molecule is CC1(C)c2ccccc2-c2ccc3c4ccccc4n(-c4ccc(-c5ccc(-c6ccc7oc8ccccc8c7c6)cc5)cc4)c3c21. The van der Waals surface area contributed by atoms with E-state index in [0.29, 0.717) is 0 Å². The molecule has 7 aromatic carbocycles. The third kappa shape index (κ3) is 3.73. The van der Waals surface area contributed by atoms with E-state index in [4.69, 9.17) is 4.42 Å². The smallest absolute Gasteiger partial charge is 0.135 e. The predicted molar refractivity (Wildman–Crippen MR) is 196 cm³/mol. The molecule has 0 N–H and O–H groups in total. The summed E-state index contributed by atoms with van der Waals surface area (Å²) in [6.45, 7) is 4.75. The van der Waals surface area contributed by atoms with Crippen molar-refractivity contribution in [1.82, 2.24) is 4.57 Å². The van der Waals surface area contributed by atoms with Crippen molar-refractivity contribution in [2.45, 2.75) is 19.3 Å². The fourth-order valence-electron chi connectivity index (χ4n) is 8.14. The molecule has 0 unspecified atom stereocenters. The van der Waals surface area contributed by atoms with E-state index >= 15 is 0 Å². The number of benzene rings is 7. The molecule has 1 aliphatic rings. The van der Waals surface area contributed by atoms with Crippen molar-refractivity contribution in [2.24, 2.45) is 0 Å². The van der Waals surface area contributed by atoms with E-state index in [9.17, 15) is 0 Å². The minimum absolute atomic E-state index is 0.103. The number of hydrogen-bond donors (Lipinski definition) is 0. The molecule has 0 bridgehead atoms. The Bertz CT molecular complexity index is 2680. The molecule has 1 aliphatic carbocycles. The van der Waals surface area contributed by atoms with Crippen LogP contribution >= 0.6 is 0 Å². The van der Waals surface area contributed by atoms with Gasteiger partial charge in [0.25, 0.3) is 0 Å². The molecule has 9 aromatic rings. The Kier molecular flexibility index (Phi) is 5.37. The van der Waals surface area contributed by atoms with Gasteiger partial charge in [-0.25, -0.2) is 0 Å². The first-order chi connectivity index (χ1) is 23.1. The van der Waals surface area contributed by atoms with Crippen LogP contribution in [0, 0.1) is 0 Å². The van der Waals surface area contributed by atoms with Crippen molar-refractivity contribution in [3.8, 4) is 39.1 Å². The van der Waals surface area contributed by atoms with Gasteiger partial charge in [0.2, 0.25) is 0 Å². The summed E-state index contributed by atoms with van der Waals surface area (Å²) in [5, 5.41) is 4.91. The first kappa shape index (κ1) is 26.4. The van der Waals surface area contributed by atoms with Crippen LogP contribution in [0.4, 0.5) is 0 Å². The van der Waals surface area contributed by atoms with Crippen molar-refractivity contribution >= 4 is 43.7 Å². The molecule has 0 saturated carbocycles. The molecule has 2 nitrogen and oxygen atoms in total. The van der Waals surface area contributed by atoms with Gasteiger partial charge < -0.3 is 8.98 Å². The van der Waals surface area contributed by atoms with Gasteiger partial charge in [0.15, 0.2) is 0 Å². The zero-order chi connectivity index (χ0) is 31.3. The highest BCUT2D eigenvalue weighted by Crippen LogP contribution is 2.52. The zero-order valence-electron chi connectivity index (χ0n) is 26.3. The molecule has 0 spiro atoms. The third-order valence-corrected chi connectivity index (χ3v) is 10.4. The molecule has 0 saturated heterocycles. The third-order valence-electron chi connectivity index (χ3n) is 10.4. The second-order valence-electron chi connectivity index (χ2n) is 13.3. The molecule has 0 atom stereocenters. The summed E-state index contributed by atoms with van der Waals surface area (Å²) in [4.78, 5) is 0. The van der Waals surface area contributed by atoms with Gasteiger partial charge in [0.1, 0.15) is 11.2 Å². The first-order valence-electron chi connectivity index (χ1n) is 16.4. The number of nitrogens with zero attached hydrogens (tertiary/aromatic N) is 1. The van der Waals surface area contributed by atoms with Gasteiger partial charge in [0.05, 0.1) is 11.0 Å². The molecule has 10 rings (SSSR count). The quantitative estimate of drug-likeness (QED) is 0.197. The summed E-state index contributed by atoms with van der Waals surface area (Å²) < 4.78 is 8.53. The van der Waals surface area contributed by atoms with Crippen LogP contribution in [0.3, 0.4) is 0 Å². The molecule has 0 radical (unpaired) electrons. The van der Waals surface area contributed by atoms with Crippen LogP contribution in [0.1, 0.15) is 25.0 Å². The van der Waals surface area contributed by atoms with E-state index in [0.717, 1.165) is 21.9 Å². The standard InChI is InChI=1S/C45H31NO/c1-45(2)39-12-6-3-9-33(39)36-24-25-37-34-10-4-7-13-40(34)46(44(37)43(36)45)32-22-19-29(20-23-32)28-15-17-30(18-16-28)31-21-26-42-38(27-31)35-11-5-8-14-41(35)47-42/h3-27H,1-2H3. The molecular weight excluding hydrogens is 571 g/mol. The Morgan fingerprint density at radius 2 is 1.09 bits per heavy atom. The number of furan rings is 1. The molecule has 2 heteroatoms. The van der Waals surface area contributed by atoms with Crippen LogP contribution in [0.15, 0.2) is 156 Å². The number of hydrogen-bond acceptors (Lipinski definition) is 1. The highest BCUT2D eigenvalue weighted by atomic mass is 16.3. The Morgan fingerprint density at radius 3 is 1.89 bits per heavy atom. The summed E-state index contributed by atoms with van der Waals surface area (Å²) >= 11 is 0. The van der Waals surface area contributed by atoms with Gasteiger partial charge in [-0.3, -0.25) is 0 Å². The van der Waals surface area contributed by atoms with Crippen molar-refractivity contribution < 1.29 is 4.42 Å².